The first-order valence-corrected chi connectivity index (χ1v) is 9.55. The maximum absolute atomic E-state index is 12.6. The van der Waals surface area contributed by atoms with E-state index < -0.39 is 11.8 Å². The molecular weight excluding hydrogens is 400 g/mol. The predicted molar refractivity (Wildman–Crippen MR) is 109 cm³/mol. The number of aromatic nitrogens is 2. The van der Waals surface area contributed by atoms with Gasteiger partial charge < -0.3 is 15.4 Å². The van der Waals surface area contributed by atoms with Crippen LogP contribution < -0.4 is 15.4 Å². The van der Waals surface area contributed by atoms with Gasteiger partial charge in [0.05, 0.1) is 6.10 Å². The minimum Gasteiger partial charge on any atom is -0.491 e. The number of anilines is 2. The van der Waals surface area contributed by atoms with E-state index in [1.807, 2.05) is 13.8 Å². The van der Waals surface area contributed by atoms with E-state index in [1.165, 1.54) is 6.07 Å². The van der Waals surface area contributed by atoms with E-state index in [2.05, 4.69) is 20.2 Å². The van der Waals surface area contributed by atoms with Crippen LogP contribution in [-0.4, -0.2) is 27.5 Å². The number of nitrogens with one attached hydrogen (secondary N) is 2. The number of carbonyl (C=O) groups is 2. The molecule has 2 amide bonds. The van der Waals surface area contributed by atoms with Crippen LogP contribution in [0.3, 0.4) is 0 Å². The largest absolute Gasteiger partial charge is 0.491 e. The summed E-state index contributed by atoms with van der Waals surface area (Å²) >= 11 is 6.83. The van der Waals surface area contributed by atoms with Gasteiger partial charge in [-0.3, -0.25) is 9.59 Å². The van der Waals surface area contributed by atoms with Gasteiger partial charge >= 0.3 is 0 Å². The first-order chi connectivity index (χ1) is 13.4. The van der Waals surface area contributed by atoms with Crippen LogP contribution in [0.25, 0.3) is 0 Å². The zero-order valence-electron chi connectivity index (χ0n) is 15.1. The Morgan fingerprint density at radius 3 is 2.61 bits per heavy atom. The highest BCUT2D eigenvalue weighted by Gasteiger charge is 2.19. The van der Waals surface area contributed by atoms with Crippen molar-refractivity contribution in [1.29, 1.82) is 0 Å². The SMILES string of the molecule is CC(C)Oc1cccc(NC(=O)c2nnsc2NC(=O)c2cccc(Cl)c2)c1. The molecule has 0 fully saturated rings. The van der Waals surface area contributed by atoms with E-state index in [4.69, 9.17) is 16.3 Å². The van der Waals surface area contributed by atoms with E-state index in [0.29, 0.717) is 22.0 Å². The zero-order valence-corrected chi connectivity index (χ0v) is 16.7. The highest BCUT2D eigenvalue weighted by Crippen LogP contribution is 2.23. The smallest absolute Gasteiger partial charge is 0.279 e. The average Bonchev–Trinajstić information content (AvgIpc) is 3.09. The molecule has 1 heterocycles. The lowest BCUT2D eigenvalue weighted by Gasteiger charge is -2.11. The number of rotatable bonds is 6. The van der Waals surface area contributed by atoms with Crippen LogP contribution in [0.15, 0.2) is 48.5 Å². The molecule has 0 aliphatic carbocycles. The molecule has 0 saturated carbocycles. The Kier molecular flexibility index (Phi) is 6.23. The Hall–Kier alpha value is -2.97. The fourth-order valence-electron chi connectivity index (χ4n) is 2.34. The molecule has 0 radical (unpaired) electrons. The van der Waals surface area contributed by atoms with Crippen molar-refractivity contribution in [3.8, 4) is 5.75 Å². The van der Waals surface area contributed by atoms with Crippen molar-refractivity contribution >= 4 is 45.6 Å². The summed E-state index contributed by atoms with van der Waals surface area (Å²) in [5, 5.41) is 9.90. The van der Waals surface area contributed by atoms with Gasteiger partial charge in [-0.25, -0.2) is 0 Å². The number of hydrogen-bond donors (Lipinski definition) is 2. The Morgan fingerprint density at radius 2 is 1.86 bits per heavy atom. The molecule has 0 saturated heterocycles. The fourth-order valence-corrected chi connectivity index (χ4v) is 3.09. The highest BCUT2D eigenvalue weighted by molar-refractivity contribution is 7.10. The van der Waals surface area contributed by atoms with Gasteiger partial charge in [0.25, 0.3) is 11.8 Å². The molecule has 3 aromatic rings. The van der Waals surface area contributed by atoms with Gasteiger partial charge in [-0.15, -0.1) is 5.10 Å². The van der Waals surface area contributed by atoms with Gasteiger partial charge in [0.2, 0.25) is 0 Å². The summed E-state index contributed by atoms with van der Waals surface area (Å²) < 4.78 is 9.39. The van der Waals surface area contributed by atoms with E-state index in [1.54, 1.807) is 42.5 Å². The molecule has 7 nitrogen and oxygen atoms in total. The Bertz CT molecular complexity index is 1010. The van der Waals surface area contributed by atoms with Gasteiger partial charge in [0, 0.05) is 33.9 Å². The number of nitrogens with zero attached hydrogens (tertiary/aromatic N) is 2. The summed E-state index contributed by atoms with van der Waals surface area (Å²) in [6.07, 6.45) is 0.0157. The van der Waals surface area contributed by atoms with E-state index >= 15 is 0 Å². The van der Waals surface area contributed by atoms with Crippen molar-refractivity contribution in [2.45, 2.75) is 20.0 Å². The Labute approximate surface area is 170 Å². The second-order valence-electron chi connectivity index (χ2n) is 6.06. The van der Waals surface area contributed by atoms with Crippen LogP contribution in [0.5, 0.6) is 5.75 Å². The van der Waals surface area contributed by atoms with Crippen LogP contribution in [-0.2, 0) is 0 Å². The molecule has 1 aromatic heterocycles. The first-order valence-electron chi connectivity index (χ1n) is 8.39. The van der Waals surface area contributed by atoms with Gasteiger partial charge in [0.15, 0.2) is 5.69 Å². The molecular formula is C19H17ClN4O3S. The summed E-state index contributed by atoms with van der Waals surface area (Å²) in [6, 6.07) is 13.5. The third-order valence-electron chi connectivity index (χ3n) is 3.48. The number of carbonyl (C=O) groups excluding carboxylic acids is 2. The predicted octanol–water partition coefficient (Wildman–Crippen LogP) is 4.48. The second kappa shape index (κ2) is 8.81. The molecule has 9 heteroatoms. The number of halogens is 1. The fraction of sp³-hybridized carbons (Fsp3) is 0.158. The second-order valence-corrected chi connectivity index (χ2v) is 7.25. The zero-order chi connectivity index (χ0) is 20.1. The molecule has 0 atom stereocenters. The molecule has 0 unspecified atom stereocenters. The molecule has 0 aliphatic heterocycles. The number of hydrogen-bond acceptors (Lipinski definition) is 6. The van der Waals surface area contributed by atoms with Crippen LogP contribution in [0, 0.1) is 0 Å². The van der Waals surface area contributed by atoms with Crippen LogP contribution >= 0.6 is 23.1 Å². The standard InChI is InChI=1S/C19H17ClN4O3S/c1-11(2)27-15-8-4-7-14(10-15)21-18(26)16-19(28-24-23-16)22-17(25)12-5-3-6-13(20)9-12/h3-11H,1-2H3,(H,21,26)(H,22,25). The summed E-state index contributed by atoms with van der Waals surface area (Å²) in [7, 11) is 0. The molecule has 0 bridgehead atoms. The lowest BCUT2D eigenvalue weighted by atomic mass is 10.2. The molecule has 0 aliphatic rings. The quantitative estimate of drug-likeness (QED) is 0.617. The maximum Gasteiger partial charge on any atom is 0.279 e. The normalized spacial score (nSPS) is 10.6. The molecule has 2 N–H and O–H groups in total. The molecule has 0 spiro atoms. The molecule has 3 rings (SSSR count). The Balaban J connectivity index is 1.72. The van der Waals surface area contributed by atoms with Gasteiger partial charge in [-0.2, -0.15) is 0 Å². The first kappa shape index (κ1) is 19.8. The minimum absolute atomic E-state index is 0.0157. The van der Waals surface area contributed by atoms with E-state index in [-0.39, 0.29) is 16.8 Å². The van der Waals surface area contributed by atoms with E-state index in [0.717, 1.165) is 11.5 Å². The molecule has 2 aromatic carbocycles. The summed E-state index contributed by atoms with van der Waals surface area (Å²) in [6.45, 7) is 3.84. The third-order valence-corrected chi connectivity index (χ3v) is 4.36. The summed E-state index contributed by atoms with van der Waals surface area (Å²) in [4.78, 5) is 25.0. The number of ether oxygens (including phenoxy) is 1. The molecule has 144 valence electrons. The van der Waals surface area contributed by atoms with Gasteiger partial charge in [-0.1, -0.05) is 28.2 Å². The van der Waals surface area contributed by atoms with Crippen LogP contribution in [0.2, 0.25) is 5.02 Å². The third kappa shape index (κ3) is 5.05. The lowest BCUT2D eigenvalue weighted by Crippen LogP contribution is -2.17. The van der Waals surface area contributed by atoms with Crippen molar-refractivity contribution in [2.75, 3.05) is 10.6 Å². The lowest BCUT2D eigenvalue weighted by molar-refractivity contribution is 0.102. The topological polar surface area (TPSA) is 93.2 Å². The highest BCUT2D eigenvalue weighted by atomic mass is 35.5. The van der Waals surface area contributed by atoms with Crippen molar-refractivity contribution in [2.24, 2.45) is 0 Å². The Morgan fingerprint density at radius 1 is 1.07 bits per heavy atom. The minimum atomic E-state index is -0.489. The van der Waals surface area contributed by atoms with Gasteiger partial charge in [0.1, 0.15) is 10.8 Å². The molecule has 28 heavy (non-hydrogen) atoms. The number of benzene rings is 2. The number of amides is 2. The maximum atomic E-state index is 12.6. The monoisotopic (exact) mass is 416 g/mol. The summed E-state index contributed by atoms with van der Waals surface area (Å²) in [5.74, 6) is -0.259. The van der Waals surface area contributed by atoms with Crippen molar-refractivity contribution in [3.05, 3.63) is 64.8 Å². The van der Waals surface area contributed by atoms with Crippen molar-refractivity contribution < 1.29 is 14.3 Å². The van der Waals surface area contributed by atoms with Crippen LogP contribution in [0.1, 0.15) is 34.7 Å². The van der Waals surface area contributed by atoms with Crippen molar-refractivity contribution in [3.63, 3.8) is 0 Å². The van der Waals surface area contributed by atoms with Gasteiger partial charge in [-0.05, 0) is 44.2 Å². The average molecular weight is 417 g/mol. The summed E-state index contributed by atoms with van der Waals surface area (Å²) in [5.41, 5.74) is 0.935. The van der Waals surface area contributed by atoms with Crippen LogP contribution in [0.4, 0.5) is 10.7 Å². The van der Waals surface area contributed by atoms with E-state index in [9.17, 15) is 9.59 Å². The van der Waals surface area contributed by atoms with Crippen molar-refractivity contribution in [1.82, 2.24) is 9.59 Å².